The molecule has 2 aliphatic heterocycles. The first-order valence-corrected chi connectivity index (χ1v) is 13.9. The average molecular weight is 563 g/mol. The van der Waals surface area contributed by atoms with Crippen molar-refractivity contribution < 1.29 is 9.47 Å². The molecule has 0 aliphatic carbocycles. The highest BCUT2D eigenvalue weighted by atomic mass is 79.9. The number of halogens is 1. The Hall–Kier alpha value is -1.98. The number of anilines is 1. The molecule has 0 radical (unpaired) electrons. The van der Waals surface area contributed by atoms with Gasteiger partial charge in [0.1, 0.15) is 22.6 Å². The zero-order valence-corrected chi connectivity index (χ0v) is 22.3. The first-order valence-electron chi connectivity index (χ1n) is 12.2. The van der Waals surface area contributed by atoms with Gasteiger partial charge in [-0.1, -0.05) is 12.1 Å². The van der Waals surface area contributed by atoms with E-state index in [1.807, 2.05) is 5.38 Å². The molecule has 35 heavy (non-hydrogen) atoms. The van der Waals surface area contributed by atoms with Crippen LogP contribution in [0.25, 0.3) is 4.96 Å². The monoisotopic (exact) mass is 561 g/mol. The minimum Gasteiger partial charge on any atom is -0.491 e. The molecule has 2 saturated heterocycles. The normalized spacial score (nSPS) is 21.9. The van der Waals surface area contributed by atoms with Crippen molar-refractivity contribution in [2.75, 3.05) is 51.8 Å². The number of benzene rings is 1. The number of hydrogen-bond acceptors (Lipinski definition) is 8. The first-order chi connectivity index (χ1) is 17.1. The Morgan fingerprint density at radius 2 is 2.00 bits per heavy atom. The van der Waals surface area contributed by atoms with Crippen LogP contribution in [0.5, 0.6) is 5.75 Å². The number of nitrogens with one attached hydrogen (secondary N) is 2. The number of nitrogens with zero attached hydrogens (tertiary/aromatic N) is 3. The van der Waals surface area contributed by atoms with Gasteiger partial charge in [0.05, 0.1) is 12.7 Å². The van der Waals surface area contributed by atoms with E-state index >= 15 is 0 Å². The number of aromatic nitrogens is 2. The Morgan fingerprint density at radius 3 is 2.80 bits per heavy atom. The van der Waals surface area contributed by atoms with Crippen molar-refractivity contribution in [1.29, 1.82) is 0 Å². The number of likely N-dealkylation sites (tertiary alicyclic amines) is 1. The van der Waals surface area contributed by atoms with Gasteiger partial charge in [-0.3, -0.25) is 9.20 Å². The van der Waals surface area contributed by atoms with E-state index in [1.54, 1.807) is 10.6 Å². The van der Waals surface area contributed by atoms with Crippen molar-refractivity contribution in [3.05, 3.63) is 56.2 Å². The largest absolute Gasteiger partial charge is 0.491 e. The molecule has 2 fully saturated rings. The van der Waals surface area contributed by atoms with Crippen LogP contribution in [0.15, 0.2) is 45.1 Å². The van der Waals surface area contributed by atoms with Gasteiger partial charge in [-0.05, 0) is 78.9 Å². The summed E-state index contributed by atoms with van der Waals surface area (Å²) in [6.45, 7) is 5.15. The smallest absolute Gasteiger partial charge is 0.275 e. The third kappa shape index (κ3) is 6.06. The molecular weight excluding hydrogens is 530 g/mol. The van der Waals surface area contributed by atoms with Crippen LogP contribution in [0.1, 0.15) is 30.7 Å². The van der Waals surface area contributed by atoms with Crippen molar-refractivity contribution in [3.63, 3.8) is 0 Å². The van der Waals surface area contributed by atoms with Crippen LogP contribution < -0.4 is 20.9 Å². The fraction of sp³-hybridized carbons (Fsp3) is 0.520. The maximum atomic E-state index is 12.6. The fourth-order valence-corrected chi connectivity index (χ4v) is 6.09. The summed E-state index contributed by atoms with van der Waals surface area (Å²) in [6, 6.07) is 8.64. The lowest BCUT2D eigenvalue weighted by atomic mass is 9.88. The van der Waals surface area contributed by atoms with E-state index in [0.717, 1.165) is 51.2 Å². The summed E-state index contributed by atoms with van der Waals surface area (Å²) in [7, 11) is 2.14. The van der Waals surface area contributed by atoms with Crippen LogP contribution in [-0.2, 0) is 4.74 Å². The third-order valence-electron chi connectivity index (χ3n) is 6.73. The van der Waals surface area contributed by atoms with Gasteiger partial charge in [0, 0.05) is 30.7 Å². The summed E-state index contributed by atoms with van der Waals surface area (Å²) >= 11 is 4.91. The second-order valence-electron chi connectivity index (χ2n) is 9.37. The summed E-state index contributed by atoms with van der Waals surface area (Å²) in [5.74, 6) is 1.88. The Kier molecular flexibility index (Phi) is 8.04. The Balaban J connectivity index is 1.17. The molecule has 2 N–H and O–H groups in total. The van der Waals surface area contributed by atoms with Gasteiger partial charge in [-0.25, -0.2) is 4.98 Å². The standard InChI is InChI=1S/C25H32BrN5O3S/c1-30-15-18(14-19(16-30)28-23-22(26)24(32)31-10-13-35-25(31)29-23)17-2-4-20(5-3-17)33-11-12-34-21-6-8-27-9-7-21/h2-5,10,13,18-19,21,27-28H,6-9,11-12,14-16H2,1H3/t18-,19+/m0/s1. The summed E-state index contributed by atoms with van der Waals surface area (Å²) in [4.78, 5) is 20.3. The molecule has 8 nitrogen and oxygen atoms in total. The van der Waals surface area contributed by atoms with E-state index in [-0.39, 0.29) is 11.6 Å². The lowest BCUT2D eigenvalue weighted by molar-refractivity contribution is 0.0168. The molecule has 0 amide bonds. The van der Waals surface area contributed by atoms with Crippen LogP contribution in [0.2, 0.25) is 0 Å². The van der Waals surface area contributed by atoms with Crippen LogP contribution in [-0.4, -0.2) is 72.9 Å². The summed E-state index contributed by atoms with van der Waals surface area (Å²) < 4.78 is 13.9. The molecule has 2 aromatic heterocycles. The van der Waals surface area contributed by atoms with Crippen LogP contribution in [0, 0.1) is 0 Å². The number of hydrogen-bond donors (Lipinski definition) is 2. The number of fused-ring (bicyclic) bond motifs is 1. The molecule has 188 valence electrons. The highest BCUT2D eigenvalue weighted by Crippen LogP contribution is 2.30. The average Bonchev–Trinajstić information content (AvgIpc) is 3.34. The second-order valence-corrected chi connectivity index (χ2v) is 11.0. The van der Waals surface area contributed by atoms with E-state index in [4.69, 9.17) is 9.47 Å². The van der Waals surface area contributed by atoms with Crippen molar-refractivity contribution in [1.82, 2.24) is 19.6 Å². The van der Waals surface area contributed by atoms with Gasteiger partial charge >= 0.3 is 0 Å². The molecule has 3 aromatic rings. The maximum absolute atomic E-state index is 12.6. The molecule has 1 aromatic carbocycles. The van der Waals surface area contributed by atoms with Gasteiger partial charge in [0.15, 0.2) is 4.96 Å². The molecule has 4 heterocycles. The number of likely N-dealkylation sites (N-methyl/N-ethyl adjacent to an activating group) is 1. The predicted molar refractivity (Wildman–Crippen MR) is 143 cm³/mol. The van der Waals surface area contributed by atoms with E-state index in [2.05, 4.69) is 67.8 Å². The van der Waals surface area contributed by atoms with Gasteiger partial charge in [0.25, 0.3) is 5.56 Å². The molecule has 10 heteroatoms. The zero-order chi connectivity index (χ0) is 24.2. The Labute approximate surface area is 217 Å². The summed E-state index contributed by atoms with van der Waals surface area (Å²) in [5.41, 5.74) is 1.21. The molecule has 0 bridgehead atoms. The van der Waals surface area contributed by atoms with Crippen LogP contribution >= 0.6 is 27.3 Å². The van der Waals surface area contributed by atoms with Gasteiger partial charge in [0.2, 0.25) is 0 Å². The van der Waals surface area contributed by atoms with Gasteiger partial charge < -0.3 is 25.0 Å². The van der Waals surface area contributed by atoms with Crippen molar-refractivity contribution >= 4 is 38.0 Å². The lowest BCUT2D eigenvalue weighted by Crippen LogP contribution is -2.43. The number of ether oxygens (including phenoxy) is 2. The molecule has 0 saturated carbocycles. The first kappa shape index (κ1) is 24.7. The number of thiazole rings is 1. The quantitative estimate of drug-likeness (QED) is 0.407. The minimum atomic E-state index is -0.0868. The molecule has 0 spiro atoms. The van der Waals surface area contributed by atoms with Crippen molar-refractivity contribution in [2.24, 2.45) is 0 Å². The van der Waals surface area contributed by atoms with E-state index in [0.29, 0.717) is 40.5 Å². The Bertz CT molecular complexity index is 1180. The van der Waals surface area contributed by atoms with Crippen molar-refractivity contribution in [2.45, 2.75) is 37.3 Å². The minimum absolute atomic E-state index is 0.0868. The van der Waals surface area contributed by atoms with Gasteiger partial charge in [-0.2, -0.15) is 0 Å². The molecule has 0 unspecified atom stereocenters. The van der Waals surface area contributed by atoms with E-state index in [1.165, 1.54) is 16.9 Å². The lowest BCUT2D eigenvalue weighted by Gasteiger charge is -2.36. The summed E-state index contributed by atoms with van der Waals surface area (Å²) in [6.07, 6.45) is 5.23. The zero-order valence-electron chi connectivity index (χ0n) is 19.9. The topological polar surface area (TPSA) is 80.1 Å². The SMILES string of the molecule is CN1C[C@H](Nc2nc3sccn3c(=O)c2Br)C[C@H](c2ccc(OCCOC3CCNCC3)cc2)C1. The van der Waals surface area contributed by atoms with Gasteiger partial charge in [-0.15, -0.1) is 11.3 Å². The molecular formula is C25H32BrN5O3S. The second kappa shape index (κ2) is 11.4. The Morgan fingerprint density at radius 1 is 1.20 bits per heavy atom. The molecule has 2 atom stereocenters. The highest BCUT2D eigenvalue weighted by Gasteiger charge is 2.27. The van der Waals surface area contributed by atoms with E-state index < -0.39 is 0 Å². The van der Waals surface area contributed by atoms with Crippen LogP contribution in [0.3, 0.4) is 0 Å². The number of piperidine rings is 2. The highest BCUT2D eigenvalue weighted by molar-refractivity contribution is 9.10. The summed E-state index contributed by atoms with van der Waals surface area (Å²) in [5, 5.41) is 8.75. The third-order valence-corrected chi connectivity index (χ3v) is 8.20. The molecule has 5 rings (SSSR count). The number of rotatable bonds is 8. The molecule has 2 aliphatic rings. The maximum Gasteiger partial charge on any atom is 0.275 e. The predicted octanol–water partition coefficient (Wildman–Crippen LogP) is 3.57. The van der Waals surface area contributed by atoms with Crippen LogP contribution in [0.4, 0.5) is 5.82 Å². The fourth-order valence-electron chi connectivity index (χ4n) is 4.99. The van der Waals surface area contributed by atoms with E-state index in [9.17, 15) is 4.79 Å². The van der Waals surface area contributed by atoms with Crippen molar-refractivity contribution in [3.8, 4) is 5.75 Å².